The van der Waals surface area contributed by atoms with E-state index in [2.05, 4.69) is 172 Å². The van der Waals surface area contributed by atoms with Crippen molar-refractivity contribution in [3.05, 3.63) is 181 Å². The van der Waals surface area contributed by atoms with Gasteiger partial charge in [0.05, 0.1) is 12.5 Å². The molecule has 0 fully saturated rings. The second-order valence-corrected chi connectivity index (χ2v) is 15.1. The average molecular weight is 709 g/mol. The maximum absolute atomic E-state index is 5.72. The zero-order valence-corrected chi connectivity index (χ0v) is 31.0. The Hall–Kier alpha value is -6.48. The van der Waals surface area contributed by atoms with Crippen LogP contribution in [0.3, 0.4) is 0 Å². The first kappa shape index (κ1) is 32.2. The Balaban J connectivity index is 1.25. The van der Waals surface area contributed by atoms with Crippen molar-refractivity contribution in [1.29, 1.82) is 0 Å². The number of aryl methyl sites for hydroxylation is 1. The van der Waals surface area contributed by atoms with E-state index in [-0.39, 0.29) is 0 Å². The summed E-state index contributed by atoms with van der Waals surface area (Å²) in [6, 6.07) is 51.3. The van der Waals surface area contributed by atoms with Gasteiger partial charge in [0.2, 0.25) is 0 Å². The molecular weight excluding hydrogens is 673 g/mol. The van der Waals surface area contributed by atoms with Gasteiger partial charge < -0.3 is 4.42 Å². The van der Waals surface area contributed by atoms with Crippen LogP contribution in [-0.2, 0) is 0 Å². The normalized spacial score (nSPS) is 11.9. The third-order valence-corrected chi connectivity index (χ3v) is 12.2. The molecule has 2 heteroatoms. The zero-order chi connectivity index (χ0) is 36.3. The summed E-state index contributed by atoms with van der Waals surface area (Å²) in [4.78, 5) is 0. The second-order valence-electron chi connectivity index (χ2n) is 14.0. The smallest absolute Gasteiger partial charge is 0.0984 e. The Bertz CT molecular complexity index is 3080. The van der Waals surface area contributed by atoms with E-state index in [9.17, 15) is 0 Å². The van der Waals surface area contributed by atoms with Crippen molar-refractivity contribution in [3.63, 3.8) is 0 Å². The molecule has 2 aromatic heterocycles. The molecule has 0 radical (unpaired) electrons. The lowest BCUT2D eigenvalue weighted by atomic mass is 9.83. The first-order chi connectivity index (χ1) is 26.7. The fourth-order valence-corrected chi connectivity index (χ4v) is 9.94. The first-order valence-corrected chi connectivity index (χ1v) is 19.3. The largest absolute Gasteiger partial charge is 0.472 e. The Morgan fingerprint density at radius 2 is 1.06 bits per heavy atom. The molecular formula is C52H36OS. The topological polar surface area (TPSA) is 13.1 Å². The van der Waals surface area contributed by atoms with Gasteiger partial charge in [0.1, 0.15) is 0 Å². The maximum Gasteiger partial charge on any atom is 0.0984 e. The van der Waals surface area contributed by atoms with Crippen LogP contribution in [-0.4, -0.2) is 0 Å². The predicted octanol–water partition coefficient (Wildman–Crippen LogP) is 15.8. The average Bonchev–Trinajstić information content (AvgIpc) is 3.82. The van der Waals surface area contributed by atoms with Gasteiger partial charge in [0.15, 0.2) is 0 Å². The van der Waals surface area contributed by atoms with Crippen molar-refractivity contribution in [3.8, 4) is 44.5 Å². The van der Waals surface area contributed by atoms with Crippen molar-refractivity contribution < 1.29 is 4.42 Å². The van der Waals surface area contributed by atoms with E-state index < -0.39 is 0 Å². The monoisotopic (exact) mass is 708 g/mol. The van der Waals surface area contributed by atoms with Crippen molar-refractivity contribution in [2.75, 3.05) is 0 Å². The molecule has 0 saturated heterocycles. The van der Waals surface area contributed by atoms with Crippen LogP contribution in [0.25, 0.3) is 109 Å². The summed E-state index contributed by atoms with van der Waals surface area (Å²) < 4.78 is 8.29. The van der Waals surface area contributed by atoms with Crippen LogP contribution in [0, 0.1) is 6.92 Å². The van der Waals surface area contributed by atoms with Gasteiger partial charge in [0.25, 0.3) is 0 Å². The number of hydrogen-bond acceptors (Lipinski definition) is 2. The van der Waals surface area contributed by atoms with Crippen LogP contribution < -0.4 is 0 Å². The minimum atomic E-state index is 1.10. The van der Waals surface area contributed by atoms with Crippen LogP contribution >= 0.6 is 11.3 Å². The van der Waals surface area contributed by atoms with Gasteiger partial charge in [-0.3, -0.25) is 0 Å². The summed E-state index contributed by atoms with van der Waals surface area (Å²) in [6.45, 7) is 8.56. The minimum Gasteiger partial charge on any atom is -0.472 e. The number of fused-ring (bicyclic) bond motifs is 6. The molecule has 0 aliphatic heterocycles. The first-order valence-electron chi connectivity index (χ1n) is 18.5. The van der Waals surface area contributed by atoms with Gasteiger partial charge >= 0.3 is 0 Å². The fraction of sp³-hybridized carbons (Fsp3) is 0.0385. The molecule has 1 nitrogen and oxygen atoms in total. The summed E-state index contributed by atoms with van der Waals surface area (Å²) in [5.41, 5.74) is 13.2. The molecule has 54 heavy (non-hydrogen) atoms. The summed E-state index contributed by atoms with van der Waals surface area (Å²) in [5.74, 6) is 0. The van der Waals surface area contributed by atoms with Crippen LogP contribution in [0.15, 0.2) is 169 Å². The van der Waals surface area contributed by atoms with Gasteiger partial charge in [-0.25, -0.2) is 0 Å². The SMILES string of the molecule is C=Cc1c(/C=C\C)c(-c2cccc3c2sc2ccc(-c4c5ccccc5c(-c5ccccc5)c5ccccc45)cc23)c2ccccc2c1-c1cocc1C. The Labute approximate surface area is 318 Å². The summed E-state index contributed by atoms with van der Waals surface area (Å²) >= 11 is 1.88. The number of rotatable bonds is 6. The van der Waals surface area contributed by atoms with E-state index in [1.165, 1.54) is 91.4 Å². The van der Waals surface area contributed by atoms with Gasteiger partial charge in [-0.05, 0) is 103 Å². The van der Waals surface area contributed by atoms with Gasteiger partial charge in [-0.1, -0.05) is 152 Å². The molecule has 0 aliphatic rings. The quantitative estimate of drug-likeness (QED) is 0.157. The number of hydrogen-bond donors (Lipinski definition) is 0. The van der Waals surface area contributed by atoms with E-state index in [0.29, 0.717) is 0 Å². The van der Waals surface area contributed by atoms with E-state index in [1.807, 2.05) is 29.9 Å². The molecule has 10 aromatic rings. The lowest BCUT2D eigenvalue weighted by Crippen LogP contribution is -1.96. The summed E-state index contributed by atoms with van der Waals surface area (Å²) in [6.07, 6.45) is 10.1. The van der Waals surface area contributed by atoms with Crippen molar-refractivity contribution in [2.24, 2.45) is 0 Å². The Morgan fingerprint density at radius 3 is 1.63 bits per heavy atom. The molecule has 256 valence electrons. The van der Waals surface area contributed by atoms with Gasteiger partial charge in [-0.2, -0.15) is 0 Å². The lowest BCUT2D eigenvalue weighted by Gasteiger charge is -2.20. The highest BCUT2D eigenvalue weighted by molar-refractivity contribution is 7.26. The maximum atomic E-state index is 5.72. The molecule has 0 aliphatic carbocycles. The highest BCUT2D eigenvalue weighted by atomic mass is 32.1. The third-order valence-electron chi connectivity index (χ3n) is 11.0. The standard InChI is InChI=1S/C52H36OS/c1-4-16-36-35(5-2)50(46-31-53-30-32(46)3)41-23-13-14-24-42(41)51(36)44-26-15-25-43-45-29-34(27-28-47(45)54-52(43)44)49-39-21-11-9-19-37(39)48(33-17-7-6-8-18-33)38-20-10-12-22-40(38)49/h4-31H,2H2,1,3H3/b16-4-. The Morgan fingerprint density at radius 1 is 0.500 bits per heavy atom. The number of furan rings is 1. The number of benzene rings is 8. The van der Waals surface area contributed by atoms with Gasteiger partial charge in [0, 0.05) is 36.9 Å². The molecule has 10 rings (SSSR count). The van der Waals surface area contributed by atoms with Crippen molar-refractivity contribution in [2.45, 2.75) is 13.8 Å². The van der Waals surface area contributed by atoms with E-state index >= 15 is 0 Å². The van der Waals surface area contributed by atoms with Gasteiger partial charge in [-0.15, -0.1) is 11.3 Å². The highest BCUT2D eigenvalue weighted by Crippen LogP contribution is 2.50. The molecule has 0 amide bonds. The van der Waals surface area contributed by atoms with Crippen LogP contribution in [0.5, 0.6) is 0 Å². The Kier molecular flexibility index (Phi) is 7.68. The molecule has 2 heterocycles. The van der Waals surface area contributed by atoms with E-state index in [1.54, 1.807) is 0 Å². The van der Waals surface area contributed by atoms with E-state index in [0.717, 1.165) is 22.3 Å². The summed E-state index contributed by atoms with van der Waals surface area (Å²) in [5, 5.41) is 10.0. The molecule has 0 bridgehead atoms. The summed E-state index contributed by atoms with van der Waals surface area (Å²) in [7, 11) is 0. The lowest BCUT2D eigenvalue weighted by molar-refractivity contribution is 0.566. The molecule has 0 atom stereocenters. The molecule has 8 aromatic carbocycles. The predicted molar refractivity (Wildman–Crippen MR) is 235 cm³/mol. The van der Waals surface area contributed by atoms with Crippen LogP contribution in [0.2, 0.25) is 0 Å². The molecule has 0 unspecified atom stereocenters. The number of thiophene rings is 1. The third kappa shape index (κ3) is 4.84. The van der Waals surface area contributed by atoms with Crippen LogP contribution in [0.4, 0.5) is 0 Å². The molecule has 0 spiro atoms. The van der Waals surface area contributed by atoms with Crippen LogP contribution in [0.1, 0.15) is 23.6 Å². The molecule has 0 saturated carbocycles. The van der Waals surface area contributed by atoms with E-state index in [4.69, 9.17) is 4.42 Å². The van der Waals surface area contributed by atoms with Crippen molar-refractivity contribution in [1.82, 2.24) is 0 Å². The minimum absolute atomic E-state index is 1.10. The molecule has 0 N–H and O–H groups in total. The fourth-order valence-electron chi connectivity index (χ4n) is 8.73. The number of allylic oxidation sites excluding steroid dienone is 1. The van der Waals surface area contributed by atoms with Crippen molar-refractivity contribution >= 4 is 76.0 Å². The highest BCUT2D eigenvalue weighted by Gasteiger charge is 2.23. The second kappa shape index (κ2) is 12.9. The zero-order valence-electron chi connectivity index (χ0n) is 30.2.